The molecule has 0 unspecified atom stereocenters. The summed E-state index contributed by atoms with van der Waals surface area (Å²) in [5, 5.41) is 3.32. The number of carbonyl (C=O) groups is 1. The van der Waals surface area contributed by atoms with Gasteiger partial charge in [-0.15, -0.1) is 0 Å². The molecule has 0 aliphatic heterocycles. The van der Waals surface area contributed by atoms with Crippen LogP contribution < -0.4 is 16.8 Å². The van der Waals surface area contributed by atoms with Crippen LogP contribution in [0, 0.1) is 5.92 Å². The number of nitrogen functional groups attached to an aromatic ring is 1. The lowest BCUT2D eigenvalue weighted by atomic mass is 10.1. The van der Waals surface area contributed by atoms with E-state index < -0.39 is 5.91 Å². The number of amides is 1. The molecule has 0 saturated heterocycles. The number of rotatable bonds is 4. The fourth-order valence-corrected chi connectivity index (χ4v) is 2.33. The van der Waals surface area contributed by atoms with Crippen LogP contribution in [0.5, 0.6) is 0 Å². The minimum atomic E-state index is -0.422. The van der Waals surface area contributed by atoms with Gasteiger partial charge in [0.2, 0.25) is 5.91 Å². The first kappa shape index (κ1) is 11.8. The van der Waals surface area contributed by atoms with Gasteiger partial charge in [0.25, 0.3) is 0 Å². The second-order valence-electron chi connectivity index (χ2n) is 4.70. The molecule has 5 N–H and O–H groups in total. The third kappa shape index (κ3) is 2.90. The molecule has 2 rings (SSSR count). The zero-order chi connectivity index (χ0) is 12.3. The van der Waals surface area contributed by atoms with Crippen LogP contribution in [-0.2, 0) is 0 Å². The van der Waals surface area contributed by atoms with E-state index in [2.05, 4.69) is 5.32 Å². The van der Waals surface area contributed by atoms with Gasteiger partial charge in [-0.2, -0.15) is 0 Å². The molecular weight excluding hydrogens is 214 g/mol. The zero-order valence-electron chi connectivity index (χ0n) is 9.91. The summed E-state index contributed by atoms with van der Waals surface area (Å²) in [5.41, 5.74) is 13.1. The maximum atomic E-state index is 11.1. The number of carbonyl (C=O) groups excluding carboxylic acids is 1. The van der Waals surface area contributed by atoms with Gasteiger partial charge < -0.3 is 16.8 Å². The average molecular weight is 233 g/mol. The van der Waals surface area contributed by atoms with Gasteiger partial charge in [0.1, 0.15) is 0 Å². The smallest absolute Gasteiger partial charge is 0.248 e. The molecule has 0 aromatic heterocycles. The fraction of sp³-hybridized carbons (Fsp3) is 0.462. The van der Waals surface area contributed by atoms with Gasteiger partial charge in [-0.05, 0) is 37.0 Å². The molecule has 4 heteroatoms. The van der Waals surface area contributed by atoms with E-state index in [1.54, 1.807) is 18.2 Å². The van der Waals surface area contributed by atoms with E-state index in [0.29, 0.717) is 11.3 Å². The van der Waals surface area contributed by atoms with Gasteiger partial charge >= 0.3 is 0 Å². The van der Waals surface area contributed by atoms with Crippen molar-refractivity contribution < 1.29 is 4.79 Å². The Hall–Kier alpha value is -1.71. The van der Waals surface area contributed by atoms with E-state index in [4.69, 9.17) is 11.5 Å². The number of hydrogen-bond donors (Lipinski definition) is 3. The topological polar surface area (TPSA) is 81.1 Å². The van der Waals surface area contributed by atoms with E-state index in [9.17, 15) is 4.79 Å². The maximum Gasteiger partial charge on any atom is 0.248 e. The molecule has 0 bridgehead atoms. The Morgan fingerprint density at radius 2 is 2.06 bits per heavy atom. The largest absolute Gasteiger partial charge is 0.397 e. The molecular formula is C13H19N3O. The summed E-state index contributed by atoms with van der Waals surface area (Å²) in [6, 6.07) is 5.10. The molecule has 1 aliphatic carbocycles. The number of primary amides is 1. The number of nitrogens with two attached hydrogens (primary N) is 2. The van der Waals surface area contributed by atoms with E-state index >= 15 is 0 Å². The van der Waals surface area contributed by atoms with E-state index in [1.807, 2.05) is 0 Å². The summed E-state index contributed by atoms with van der Waals surface area (Å²) < 4.78 is 0. The fourth-order valence-electron chi connectivity index (χ4n) is 2.33. The molecule has 0 heterocycles. The summed E-state index contributed by atoms with van der Waals surface area (Å²) in [5.74, 6) is 0.306. The third-order valence-electron chi connectivity index (χ3n) is 3.39. The highest BCUT2D eigenvalue weighted by molar-refractivity contribution is 5.94. The standard InChI is InChI=1S/C13H19N3O/c14-11-6-5-10(13(15)17)7-12(11)16-8-9-3-1-2-4-9/h5-7,9,16H,1-4,8,14H2,(H2,15,17). The Labute approximate surface area is 101 Å². The van der Waals surface area contributed by atoms with Gasteiger partial charge in [-0.3, -0.25) is 4.79 Å². The second-order valence-corrected chi connectivity index (χ2v) is 4.70. The SMILES string of the molecule is NC(=O)c1ccc(N)c(NCC2CCCC2)c1. The van der Waals surface area contributed by atoms with Crippen LogP contribution in [0.15, 0.2) is 18.2 Å². The summed E-state index contributed by atoms with van der Waals surface area (Å²) >= 11 is 0. The van der Waals surface area contributed by atoms with Gasteiger partial charge in [0.15, 0.2) is 0 Å². The van der Waals surface area contributed by atoms with Crippen molar-refractivity contribution in [3.63, 3.8) is 0 Å². The maximum absolute atomic E-state index is 11.1. The highest BCUT2D eigenvalue weighted by Gasteiger charge is 2.15. The normalized spacial score (nSPS) is 16.0. The lowest BCUT2D eigenvalue weighted by Crippen LogP contribution is -2.14. The monoisotopic (exact) mass is 233 g/mol. The molecule has 0 radical (unpaired) electrons. The molecule has 1 amide bonds. The minimum absolute atomic E-state index is 0.422. The number of anilines is 2. The number of nitrogens with one attached hydrogen (secondary N) is 1. The summed E-state index contributed by atoms with van der Waals surface area (Å²) in [7, 11) is 0. The van der Waals surface area contributed by atoms with Crippen LogP contribution in [0.3, 0.4) is 0 Å². The molecule has 1 aromatic carbocycles. The van der Waals surface area contributed by atoms with Crippen LogP contribution in [0.1, 0.15) is 36.0 Å². The first-order valence-electron chi connectivity index (χ1n) is 6.10. The van der Waals surface area contributed by atoms with Crippen LogP contribution >= 0.6 is 0 Å². The molecule has 17 heavy (non-hydrogen) atoms. The summed E-state index contributed by atoms with van der Waals surface area (Å²) in [4.78, 5) is 11.1. The van der Waals surface area contributed by atoms with E-state index in [1.165, 1.54) is 25.7 Å². The summed E-state index contributed by atoms with van der Waals surface area (Å²) in [6.45, 7) is 0.923. The van der Waals surface area contributed by atoms with Crippen molar-refractivity contribution in [2.75, 3.05) is 17.6 Å². The van der Waals surface area contributed by atoms with Crippen molar-refractivity contribution in [2.24, 2.45) is 11.7 Å². The molecule has 0 spiro atoms. The van der Waals surface area contributed by atoms with E-state index in [-0.39, 0.29) is 0 Å². The first-order chi connectivity index (χ1) is 8.16. The number of hydrogen-bond acceptors (Lipinski definition) is 3. The minimum Gasteiger partial charge on any atom is -0.397 e. The molecule has 1 fully saturated rings. The van der Waals surface area contributed by atoms with Crippen LogP contribution in [0.2, 0.25) is 0 Å². The summed E-state index contributed by atoms with van der Waals surface area (Å²) in [6.07, 6.45) is 5.21. The van der Waals surface area contributed by atoms with Gasteiger partial charge in [-0.25, -0.2) is 0 Å². The third-order valence-corrected chi connectivity index (χ3v) is 3.39. The number of benzene rings is 1. The quantitative estimate of drug-likeness (QED) is 0.695. The predicted octanol–water partition coefficient (Wildman–Crippen LogP) is 1.97. The Balaban J connectivity index is 2.03. The molecule has 1 aliphatic rings. The Morgan fingerprint density at radius 1 is 1.35 bits per heavy atom. The van der Waals surface area contributed by atoms with Crippen molar-refractivity contribution in [1.82, 2.24) is 0 Å². The van der Waals surface area contributed by atoms with E-state index in [0.717, 1.165) is 18.2 Å². The Kier molecular flexibility index (Phi) is 3.52. The Bertz CT molecular complexity index is 411. The van der Waals surface area contributed by atoms with Gasteiger partial charge in [0, 0.05) is 12.1 Å². The van der Waals surface area contributed by atoms with Gasteiger partial charge in [0.05, 0.1) is 11.4 Å². The van der Waals surface area contributed by atoms with Crippen LogP contribution in [-0.4, -0.2) is 12.5 Å². The highest BCUT2D eigenvalue weighted by Crippen LogP contribution is 2.26. The molecule has 1 saturated carbocycles. The second kappa shape index (κ2) is 5.08. The lowest BCUT2D eigenvalue weighted by Gasteiger charge is -2.14. The van der Waals surface area contributed by atoms with Crippen LogP contribution in [0.25, 0.3) is 0 Å². The zero-order valence-corrected chi connectivity index (χ0v) is 9.91. The molecule has 1 aromatic rings. The first-order valence-corrected chi connectivity index (χ1v) is 6.10. The van der Waals surface area contributed by atoms with Crippen molar-refractivity contribution >= 4 is 17.3 Å². The predicted molar refractivity (Wildman–Crippen MR) is 69.8 cm³/mol. The van der Waals surface area contributed by atoms with Crippen molar-refractivity contribution in [3.05, 3.63) is 23.8 Å². The molecule has 92 valence electrons. The molecule has 0 atom stereocenters. The van der Waals surface area contributed by atoms with Gasteiger partial charge in [-0.1, -0.05) is 12.8 Å². The van der Waals surface area contributed by atoms with Crippen LogP contribution in [0.4, 0.5) is 11.4 Å². The van der Waals surface area contributed by atoms with Crippen molar-refractivity contribution in [3.8, 4) is 0 Å². The Morgan fingerprint density at radius 3 is 2.71 bits per heavy atom. The van der Waals surface area contributed by atoms with Crippen molar-refractivity contribution in [2.45, 2.75) is 25.7 Å². The lowest BCUT2D eigenvalue weighted by molar-refractivity contribution is 0.100. The average Bonchev–Trinajstić information content (AvgIpc) is 2.80. The highest BCUT2D eigenvalue weighted by atomic mass is 16.1. The molecule has 4 nitrogen and oxygen atoms in total. The van der Waals surface area contributed by atoms with Crippen molar-refractivity contribution in [1.29, 1.82) is 0 Å².